The number of nitrogens with zero attached hydrogens (tertiary/aromatic N) is 2. The van der Waals surface area contributed by atoms with Crippen LogP contribution in [0.15, 0.2) is 24.3 Å². The van der Waals surface area contributed by atoms with Gasteiger partial charge in [-0.05, 0) is 42.7 Å². The Morgan fingerprint density at radius 1 is 1.27 bits per heavy atom. The molecule has 1 fully saturated rings. The number of halogens is 2. The van der Waals surface area contributed by atoms with Crippen molar-refractivity contribution in [3.8, 4) is 5.75 Å². The number of ether oxygens (including phenoxy) is 1. The molecule has 0 atom stereocenters. The quantitative estimate of drug-likeness (QED) is 0.747. The van der Waals surface area contributed by atoms with Gasteiger partial charge in [0.25, 0.3) is 0 Å². The number of carbonyl (C=O) groups is 1. The van der Waals surface area contributed by atoms with Gasteiger partial charge in [0, 0.05) is 19.6 Å². The summed E-state index contributed by atoms with van der Waals surface area (Å²) in [6.45, 7) is 6.28. The first kappa shape index (κ1) is 19.0. The monoisotopic (exact) mass is 394 g/mol. The van der Waals surface area contributed by atoms with Crippen molar-refractivity contribution >= 4 is 29.2 Å². The maximum Gasteiger partial charge on any atom is 0.309 e. The van der Waals surface area contributed by atoms with E-state index in [1.54, 1.807) is 12.1 Å². The van der Waals surface area contributed by atoms with E-state index in [1.807, 2.05) is 13.8 Å². The molecular formula is C19H20Cl2N2O3. The third kappa shape index (κ3) is 4.29. The lowest BCUT2D eigenvalue weighted by molar-refractivity contribution is -0.147. The SMILES string of the molecule is Cc1cc(CN2CC(C(=O)O)C2)cc(C)c1OCc1ccc(Cl)c(Cl)n1. The number of hydrogen-bond donors (Lipinski definition) is 1. The van der Waals surface area contributed by atoms with E-state index in [0.717, 1.165) is 29.0 Å². The van der Waals surface area contributed by atoms with E-state index >= 15 is 0 Å². The van der Waals surface area contributed by atoms with Crippen LogP contribution in [0.25, 0.3) is 0 Å². The molecule has 138 valence electrons. The Labute approximate surface area is 162 Å². The zero-order chi connectivity index (χ0) is 18.8. The van der Waals surface area contributed by atoms with Gasteiger partial charge in [0.2, 0.25) is 0 Å². The third-order valence-electron chi connectivity index (χ3n) is 4.46. The summed E-state index contributed by atoms with van der Waals surface area (Å²) in [5, 5.41) is 9.65. The van der Waals surface area contributed by atoms with E-state index in [4.69, 9.17) is 33.0 Å². The molecule has 2 heterocycles. The van der Waals surface area contributed by atoms with Gasteiger partial charge in [-0.2, -0.15) is 0 Å². The zero-order valence-electron chi connectivity index (χ0n) is 14.6. The molecule has 0 spiro atoms. The summed E-state index contributed by atoms with van der Waals surface area (Å²) in [6, 6.07) is 7.66. The minimum Gasteiger partial charge on any atom is -0.487 e. The number of aryl methyl sites for hydroxylation is 2. The number of benzene rings is 1. The smallest absolute Gasteiger partial charge is 0.309 e. The van der Waals surface area contributed by atoms with Gasteiger partial charge in [-0.1, -0.05) is 35.3 Å². The third-order valence-corrected chi connectivity index (χ3v) is 5.15. The number of pyridine rings is 1. The topological polar surface area (TPSA) is 62.7 Å². The molecule has 0 aliphatic carbocycles. The number of aliphatic carboxylic acids is 1. The van der Waals surface area contributed by atoms with Crippen molar-refractivity contribution in [3.05, 3.63) is 56.8 Å². The van der Waals surface area contributed by atoms with Crippen LogP contribution >= 0.6 is 23.2 Å². The van der Waals surface area contributed by atoms with Crippen molar-refractivity contribution in [2.24, 2.45) is 5.92 Å². The van der Waals surface area contributed by atoms with Gasteiger partial charge in [-0.3, -0.25) is 9.69 Å². The van der Waals surface area contributed by atoms with Gasteiger partial charge in [0.1, 0.15) is 17.5 Å². The van der Waals surface area contributed by atoms with E-state index in [2.05, 4.69) is 22.0 Å². The maximum atomic E-state index is 10.9. The van der Waals surface area contributed by atoms with Crippen molar-refractivity contribution in [2.45, 2.75) is 27.0 Å². The molecule has 0 radical (unpaired) electrons. The predicted octanol–water partition coefficient (Wildman–Crippen LogP) is 4.10. The first-order valence-electron chi connectivity index (χ1n) is 8.32. The second-order valence-corrected chi connectivity index (χ2v) is 7.42. The molecule has 3 rings (SSSR count). The van der Waals surface area contributed by atoms with Crippen LogP contribution in [0.1, 0.15) is 22.4 Å². The van der Waals surface area contributed by atoms with Crippen molar-refractivity contribution in [1.82, 2.24) is 9.88 Å². The molecule has 5 nitrogen and oxygen atoms in total. The first-order valence-corrected chi connectivity index (χ1v) is 9.08. The molecule has 0 bridgehead atoms. The molecule has 1 aromatic heterocycles. The average molecular weight is 395 g/mol. The Balaban J connectivity index is 1.63. The molecular weight excluding hydrogens is 375 g/mol. The van der Waals surface area contributed by atoms with Gasteiger partial charge in [-0.25, -0.2) is 4.98 Å². The summed E-state index contributed by atoms with van der Waals surface area (Å²) >= 11 is 11.8. The summed E-state index contributed by atoms with van der Waals surface area (Å²) < 4.78 is 5.94. The van der Waals surface area contributed by atoms with E-state index in [0.29, 0.717) is 30.4 Å². The highest BCUT2D eigenvalue weighted by Crippen LogP contribution is 2.28. The molecule has 1 N–H and O–H groups in total. The van der Waals surface area contributed by atoms with Gasteiger partial charge < -0.3 is 9.84 Å². The van der Waals surface area contributed by atoms with Crippen LogP contribution in [-0.2, 0) is 17.9 Å². The lowest BCUT2D eigenvalue weighted by Crippen LogP contribution is -2.49. The molecule has 1 saturated heterocycles. The number of carboxylic acid groups (broad SMARTS) is 1. The van der Waals surface area contributed by atoms with E-state index in [1.165, 1.54) is 0 Å². The number of carboxylic acids is 1. The van der Waals surface area contributed by atoms with Crippen LogP contribution in [0, 0.1) is 19.8 Å². The fraction of sp³-hybridized carbons (Fsp3) is 0.368. The van der Waals surface area contributed by atoms with Crippen molar-refractivity contribution in [3.63, 3.8) is 0 Å². The van der Waals surface area contributed by atoms with Crippen molar-refractivity contribution in [1.29, 1.82) is 0 Å². The standard InChI is InChI=1S/C19H20Cl2N2O3/c1-11-5-13(7-23-8-14(9-23)19(24)25)6-12(2)17(11)26-10-15-3-4-16(20)18(21)22-15/h3-6,14H,7-10H2,1-2H3,(H,24,25). The molecule has 7 heteroatoms. The average Bonchev–Trinajstić information content (AvgIpc) is 2.52. The molecule has 0 saturated carbocycles. The van der Waals surface area contributed by atoms with E-state index in [-0.39, 0.29) is 11.1 Å². The Bertz CT molecular complexity index is 813. The largest absolute Gasteiger partial charge is 0.487 e. The number of hydrogen-bond acceptors (Lipinski definition) is 4. The summed E-state index contributed by atoms with van der Waals surface area (Å²) in [7, 11) is 0. The Morgan fingerprint density at radius 2 is 1.92 bits per heavy atom. The van der Waals surface area contributed by atoms with E-state index < -0.39 is 5.97 Å². The van der Waals surface area contributed by atoms with Gasteiger partial charge in [-0.15, -0.1) is 0 Å². The summed E-state index contributed by atoms with van der Waals surface area (Å²) in [6.07, 6.45) is 0. The van der Waals surface area contributed by atoms with Gasteiger partial charge >= 0.3 is 5.97 Å². The molecule has 1 aromatic carbocycles. The summed E-state index contributed by atoms with van der Waals surface area (Å²) in [4.78, 5) is 17.2. The summed E-state index contributed by atoms with van der Waals surface area (Å²) in [5.74, 6) is -0.125. The maximum absolute atomic E-state index is 10.9. The second-order valence-electron chi connectivity index (χ2n) is 6.65. The minimum atomic E-state index is -0.715. The fourth-order valence-corrected chi connectivity index (χ4v) is 3.43. The van der Waals surface area contributed by atoms with Crippen LogP contribution in [0.3, 0.4) is 0 Å². The van der Waals surface area contributed by atoms with Gasteiger partial charge in [0.15, 0.2) is 0 Å². The van der Waals surface area contributed by atoms with Crippen LogP contribution in [0.5, 0.6) is 5.75 Å². The zero-order valence-corrected chi connectivity index (χ0v) is 16.1. The Kier molecular flexibility index (Phi) is 5.70. The fourth-order valence-electron chi connectivity index (χ4n) is 3.15. The number of rotatable bonds is 6. The molecule has 1 aliphatic rings. The lowest BCUT2D eigenvalue weighted by atomic mass is 9.98. The minimum absolute atomic E-state index is 0.237. The Hall–Kier alpha value is -1.82. The van der Waals surface area contributed by atoms with Gasteiger partial charge in [0.05, 0.1) is 16.6 Å². The normalized spacial score (nSPS) is 14.9. The first-order chi connectivity index (χ1) is 12.3. The predicted molar refractivity (Wildman–Crippen MR) is 101 cm³/mol. The molecule has 2 aromatic rings. The van der Waals surface area contributed by atoms with Crippen molar-refractivity contribution in [2.75, 3.05) is 13.1 Å². The Morgan fingerprint density at radius 3 is 2.50 bits per heavy atom. The van der Waals surface area contributed by atoms with Crippen LogP contribution in [0.4, 0.5) is 0 Å². The molecule has 0 amide bonds. The highest BCUT2D eigenvalue weighted by Gasteiger charge is 2.32. The summed E-state index contributed by atoms with van der Waals surface area (Å²) in [5.41, 5.74) is 3.94. The second kappa shape index (κ2) is 7.82. The van der Waals surface area contributed by atoms with E-state index in [9.17, 15) is 4.79 Å². The van der Waals surface area contributed by atoms with Crippen LogP contribution in [0.2, 0.25) is 10.2 Å². The molecule has 1 aliphatic heterocycles. The number of likely N-dealkylation sites (tertiary alicyclic amines) is 1. The lowest BCUT2D eigenvalue weighted by Gasteiger charge is -2.36. The molecule has 26 heavy (non-hydrogen) atoms. The molecule has 0 unspecified atom stereocenters. The van der Waals surface area contributed by atoms with Crippen LogP contribution in [-0.4, -0.2) is 34.0 Å². The number of aromatic nitrogens is 1. The highest BCUT2D eigenvalue weighted by molar-refractivity contribution is 6.41. The highest BCUT2D eigenvalue weighted by atomic mass is 35.5. The van der Waals surface area contributed by atoms with Crippen LogP contribution < -0.4 is 4.74 Å². The van der Waals surface area contributed by atoms with Crippen molar-refractivity contribution < 1.29 is 14.6 Å².